The molecule has 0 N–H and O–H groups in total. The Balaban J connectivity index is 2.68. The second-order valence-corrected chi connectivity index (χ2v) is 3.08. The molecule has 15 heavy (non-hydrogen) atoms. The van der Waals surface area contributed by atoms with Gasteiger partial charge in [-0.15, -0.1) is 0 Å². The van der Waals surface area contributed by atoms with Crippen molar-refractivity contribution < 1.29 is 13.2 Å². The standard InChI is InChI=1S/C12H7F3/c13-9-6-7-10(14)12(15)11(9)8-4-2-1-3-5-8/h1-7H. The molecule has 2 aromatic carbocycles. The van der Waals surface area contributed by atoms with Gasteiger partial charge in [0, 0.05) is 0 Å². The minimum absolute atomic E-state index is 0.324. The molecule has 2 aromatic rings. The second kappa shape index (κ2) is 3.77. The van der Waals surface area contributed by atoms with Crippen LogP contribution in [0, 0.1) is 17.5 Å². The molecule has 0 aromatic heterocycles. The number of benzene rings is 2. The van der Waals surface area contributed by atoms with Gasteiger partial charge in [0.25, 0.3) is 0 Å². The van der Waals surface area contributed by atoms with E-state index in [2.05, 4.69) is 0 Å². The largest absolute Gasteiger partial charge is 0.206 e. The Hall–Kier alpha value is -1.77. The molecule has 0 nitrogen and oxygen atoms in total. The Morgan fingerprint density at radius 2 is 1.27 bits per heavy atom. The van der Waals surface area contributed by atoms with Crippen LogP contribution in [0.3, 0.4) is 0 Å². The Labute approximate surface area is 85.0 Å². The van der Waals surface area contributed by atoms with E-state index in [1.807, 2.05) is 0 Å². The number of hydrogen-bond donors (Lipinski definition) is 0. The van der Waals surface area contributed by atoms with Gasteiger partial charge in [0.15, 0.2) is 11.6 Å². The first-order valence-corrected chi connectivity index (χ1v) is 4.39. The van der Waals surface area contributed by atoms with Crippen LogP contribution in [0.2, 0.25) is 0 Å². The molecule has 0 unspecified atom stereocenters. The highest BCUT2D eigenvalue weighted by atomic mass is 19.2. The molecule has 0 aliphatic carbocycles. The fourth-order valence-electron chi connectivity index (χ4n) is 1.40. The van der Waals surface area contributed by atoms with Crippen molar-refractivity contribution >= 4 is 0 Å². The summed E-state index contributed by atoms with van der Waals surface area (Å²) < 4.78 is 39.5. The molecule has 0 saturated carbocycles. The van der Waals surface area contributed by atoms with E-state index in [4.69, 9.17) is 0 Å². The molecule has 0 spiro atoms. The van der Waals surface area contributed by atoms with Crippen molar-refractivity contribution in [2.24, 2.45) is 0 Å². The first-order valence-electron chi connectivity index (χ1n) is 4.39. The van der Waals surface area contributed by atoms with Crippen LogP contribution in [-0.4, -0.2) is 0 Å². The average Bonchev–Trinajstić information content (AvgIpc) is 2.26. The van der Waals surface area contributed by atoms with E-state index in [1.54, 1.807) is 18.2 Å². The molecule has 0 radical (unpaired) electrons. The monoisotopic (exact) mass is 208 g/mol. The van der Waals surface area contributed by atoms with Gasteiger partial charge in [0.05, 0.1) is 5.56 Å². The van der Waals surface area contributed by atoms with Crippen LogP contribution >= 0.6 is 0 Å². The fourth-order valence-corrected chi connectivity index (χ4v) is 1.40. The van der Waals surface area contributed by atoms with E-state index >= 15 is 0 Å². The fraction of sp³-hybridized carbons (Fsp3) is 0. The minimum Gasteiger partial charge on any atom is -0.206 e. The lowest BCUT2D eigenvalue weighted by Crippen LogP contribution is -1.93. The Morgan fingerprint density at radius 1 is 0.667 bits per heavy atom. The summed E-state index contributed by atoms with van der Waals surface area (Å²) in [4.78, 5) is 0. The maximum Gasteiger partial charge on any atom is 0.169 e. The molecule has 0 fully saturated rings. The molecule has 3 heteroatoms. The molecule has 0 aliphatic heterocycles. The summed E-state index contributed by atoms with van der Waals surface area (Å²) in [5.41, 5.74) is 0.00241. The van der Waals surface area contributed by atoms with Crippen molar-refractivity contribution in [3.05, 3.63) is 59.9 Å². The quantitative estimate of drug-likeness (QED) is 0.626. The number of halogens is 3. The van der Waals surface area contributed by atoms with E-state index in [0.29, 0.717) is 5.56 Å². The van der Waals surface area contributed by atoms with Gasteiger partial charge in [-0.2, -0.15) is 0 Å². The number of hydrogen-bond acceptors (Lipinski definition) is 0. The van der Waals surface area contributed by atoms with Gasteiger partial charge < -0.3 is 0 Å². The predicted molar refractivity (Wildman–Crippen MR) is 51.8 cm³/mol. The van der Waals surface area contributed by atoms with Crippen LogP contribution < -0.4 is 0 Å². The van der Waals surface area contributed by atoms with Gasteiger partial charge in [0.2, 0.25) is 0 Å². The van der Waals surface area contributed by atoms with E-state index < -0.39 is 17.5 Å². The Kier molecular flexibility index (Phi) is 2.46. The first kappa shape index (κ1) is 9.77. The zero-order chi connectivity index (χ0) is 10.8. The highest BCUT2D eigenvalue weighted by Gasteiger charge is 2.14. The summed E-state index contributed by atoms with van der Waals surface area (Å²) in [6.45, 7) is 0. The molecule has 0 amide bonds. The summed E-state index contributed by atoms with van der Waals surface area (Å²) in [5.74, 6) is -2.96. The molecule has 0 aliphatic rings. The van der Waals surface area contributed by atoms with Gasteiger partial charge in [-0.1, -0.05) is 30.3 Å². The summed E-state index contributed by atoms with van der Waals surface area (Å²) >= 11 is 0. The smallest absolute Gasteiger partial charge is 0.169 e. The molecule has 0 atom stereocenters. The summed E-state index contributed by atoms with van der Waals surface area (Å²) in [7, 11) is 0. The second-order valence-electron chi connectivity index (χ2n) is 3.08. The van der Waals surface area contributed by atoms with E-state index in [1.165, 1.54) is 12.1 Å². The first-order chi connectivity index (χ1) is 7.20. The minimum atomic E-state index is -1.15. The third-order valence-electron chi connectivity index (χ3n) is 2.11. The SMILES string of the molecule is Fc1ccc(F)c(-c2ccccc2)c1F. The van der Waals surface area contributed by atoms with Crippen LogP contribution in [0.4, 0.5) is 13.2 Å². The third kappa shape index (κ3) is 1.73. The van der Waals surface area contributed by atoms with Crippen LogP contribution in [0.25, 0.3) is 11.1 Å². The van der Waals surface area contributed by atoms with Crippen LogP contribution in [0.1, 0.15) is 0 Å². The third-order valence-corrected chi connectivity index (χ3v) is 2.11. The lowest BCUT2D eigenvalue weighted by atomic mass is 10.0. The van der Waals surface area contributed by atoms with E-state index in [-0.39, 0.29) is 5.56 Å². The highest BCUT2D eigenvalue weighted by molar-refractivity contribution is 5.64. The maximum absolute atomic E-state index is 13.3. The Bertz CT molecular complexity index is 478. The molecular weight excluding hydrogens is 201 g/mol. The molecule has 2 rings (SSSR count). The van der Waals surface area contributed by atoms with Gasteiger partial charge in [-0.25, -0.2) is 13.2 Å². The topological polar surface area (TPSA) is 0 Å². The predicted octanol–water partition coefficient (Wildman–Crippen LogP) is 3.77. The lowest BCUT2D eigenvalue weighted by Gasteiger charge is -2.05. The molecule has 0 saturated heterocycles. The van der Waals surface area contributed by atoms with Crippen molar-refractivity contribution in [2.75, 3.05) is 0 Å². The molecule has 76 valence electrons. The summed E-state index contributed by atoms with van der Waals surface area (Å²) in [6.07, 6.45) is 0. The normalized spacial score (nSPS) is 10.3. The van der Waals surface area contributed by atoms with Crippen molar-refractivity contribution in [1.29, 1.82) is 0 Å². The summed E-state index contributed by atoms with van der Waals surface area (Å²) in [5, 5.41) is 0. The maximum atomic E-state index is 13.3. The highest BCUT2D eigenvalue weighted by Crippen LogP contribution is 2.27. The van der Waals surface area contributed by atoms with Gasteiger partial charge >= 0.3 is 0 Å². The Morgan fingerprint density at radius 3 is 1.93 bits per heavy atom. The van der Waals surface area contributed by atoms with Gasteiger partial charge in [0.1, 0.15) is 5.82 Å². The molecular formula is C12H7F3. The van der Waals surface area contributed by atoms with Crippen molar-refractivity contribution in [3.8, 4) is 11.1 Å². The van der Waals surface area contributed by atoms with Crippen LogP contribution in [-0.2, 0) is 0 Å². The van der Waals surface area contributed by atoms with Crippen molar-refractivity contribution in [1.82, 2.24) is 0 Å². The van der Waals surface area contributed by atoms with Gasteiger partial charge in [-0.05, 0) is 17.7 Å². The zero-order valence-electron chi connectivity index (χ0n) is 7.68. The molecule has 0 heterocycles. The van der Waals surface area contributed by atoms with E-state index in [0.717, 1.165) is 12.1 Å². The van der Waals surface area contributed by atoms with Crippen molar-refractivity contribution in [2.45, 2.75) is 0 Å². The van der Waals surface area contributed by atoms with Crippen LogP contribution in [0.5, 0.6) is 0 Å². The molecule has 0 bridgehead atoms. The van der Waals surface area contributed by atoms with Crippen molar-refractivity contribution in [3.63, 3.8) is 0 Å². The van der Waals surface area contributed by atoms with E-state index in [9.17, 15) is 13.2 Å². The summed E-state index contributed by atoms with van der Waals surface area (Å²) in [6, 6.07) is 9.75. The zero-order valence-corrected chi connectivity index (χ0v) is 7.68. The lowest BCUT2D eigenvalue weighted by molar-refractivity contribution is 0.499. The van der Waals surface area contributed by atoms with Gasteiger partial charge in [-0.3, -0.25) is 0 Å². The average molecular weight is 208 g/mol. The van der Waals surface area contributed by atoms with Crippen LogP contribution in [0.15, 0.2) is 42.5 Å². The number of rotatable bonds is 1.